The quantitative estimate of drug-likeness (QED) is 0.685. The van der Waals surface area contributed by atoms with Crippen molar-refractivity contribution in [1.82, 2.24) is 5.32 Å². The van der Waals surface area contributed by atoms with E-state index in [0.717, 1.165) is 6.42 Å². The number of hydrogen-bond acceptors (Lipinski definition) is 3. The molecule has 2 N–H and O–H groups in total. The molecule has 0 spiro atoms. The molecule has 0 aliphatic carbocycles. The number of carbonyl (C=O) groups excluding carboxylic acids is 1. The number of hydrogen-bond donors (Lipinski definition) is 2. The Hall–Kier alpha value is -0.910. The molecule has 0 aliphatic rings. The van der Waals surface area contributed by atoms with Gasteiger partial charge in [-0.1, -0.05) is 6.92 Å². The standard InChI is InChI=1S/C9H17NO4S/c1-4-6(2)10-8(11)5-15(14)7(3)9(12)13/h6-7H,4-5H2,1-3H3,(H,10,11)(H,12,13). The summed E-state index contributed by atoms with van der Waals surface area (Å²) in [5.74, 6) is -1.77. The van der Waals surface area contributed by atoms with Crippen LogP contribution < -0.4 is 5.32 Å². The average Bonchev–Trinajstić information content (AvgIpc) is 2.15. The van der Waals surface area contributed by atoms with Gasteiger partial charge in [0.05, 0.1) is 0 Å². The summed E-state index contributed by atoms with van der Waals surface area (Å²) >= 11 is 0. The van der Waals surface area contributed by atoms with Crippen LogP contribution in [-0.4, -0.2) is 38.2 Å². The van der Waals surface area contributed by atoms with Crippen LogP contribution in [0.3, 0.4) is 0 Å². The van der Waals surface area contributed by atoms with Crippen LogP contribution in [0.2, 0.25) is 0 Å². The van der Waals surface area contributed by atoms with Gasteiger partial charge in [0.15, 0.2) is 0 Å². The van der Waals surface area contributed by atoms with Crippen molar-refractivity contribution in [3.63, 3.8) is 0 Å². The summed E-state index contributed by atoms with van der Waals surface area (Å²) in [6, 6.07) is 0.0228. The normalized spacial score (nSPS) is 16.5. The van der Waals surface area contributed by atoms with Crippen LogP contribution >= 0.6 is 0 Å². The molecule has 0 aromatic carbocycles. The maximum Gasteiger partial charge on any atom is 0.318 e. The Bertz CT molecular complexity index is 267. The number of aliphatic carboxylic acids is 1. The molecule has 1 amide bonds. The topological polar surface area (TPSA) is 83.5 Å². The highest BCUT2D eigenvalue weighted by Crippen LogP contribution is 1.97. The van der Waals surface area contributed by atoms with E-state index >= 15 is 0 Å². The smallest absolute Gasteiger partial charge is 0.318 e. The second-order valence-electron chi connectivity index (χ2n) is 3.38. The fraction of sp³-hybridized carbons (Fsp3) is 0.778. The van der Waals surface area contributed by atoms with Crippen LogP contribution in [0, 0.1) is 0 Å². The maximum atomic E-state index is 11.3. The van der Waals surface area contributed by atoms with Crippen molar-refractivity contribution in [2.45, 2.75) is 38.5 Å². The van der Waals surface area contributed by atoms with Crippen molar-refractivity contribution < 1.29 is 18.9 Å². The molecule has 0 aromatic rings. The lowest BCUT2D eigenvalue weighted by atomic mass is 10.3. The third-order valence-electron chi connectivity index (χ3n) is 2.04. The van der Waals surface area contributed by atoms with Gasteiger partial charge < -0.3 is 10.4 Å². The molecule has 0 aliphatic heterocycles. The van der Waals surface area contributed by atoms with E-state index in [9.17, 15) is 13.8 Å². The number of carboxylic acid groups (broad SMARTS) is 1. The molecule has 0 saturated carbocycles. The maximum absolute atomic E-state index is 11.3. The molecule has 0 fully saturated rings. The lowest BCUT2D eigenvalue weighted by Crippen LogP contribution is -2.37. The summed E-state index contributed by atoms with van der Waals surface area (Å²) in [7, 11) is -1.65. The third-order valence-corrected chi connectivity index (χ3v) is 3.57. The number of amides is 1. The fourth-order valence-electron chi connectivity index (χ4n) is 0.785. The second kappa shape index (κ2) is 6.55. The molecule has 0 aromatic heterocycles. The van der Waals surface area contributed by atoms with E-state index in [0.29, 0.717) is 0 Å². The van der Waals surface area contributed by atoms with E-state index in [1.54, 1.807) is 0 Å². The molecule has 88 valence electrons. The van der Waals surface area contributed by atoms with E-state index in [4.69, 9.17) is 5.11 Å². The van der Waals surface area contributed by atoms with Gasteiger partial charge in [0.2, 0.25) is 5.91 Å². The van der Waals surface area contributed by atoms with Gasteiger partial charge in [-0.15, -0.1) is 0 Å². The summed E-state index contributed by atoms with van der Waals surface area (Å²) in [5, 5.41) is 10.2. The van der Waals surface area contributed by atoms with Gasteiger partial charge in [0.1, 0.15) is 11.0 Å². The third kappa shape index (κ3) is 5.51. The molecule has 0 rings (SSSR count). The minimum Gasteiger partial charge on any atom is -0.480 e. The fourth-order valence-corrected chi connectivity index (χ4v) is 1.60. The van der Waals surface area contributed by atoms with Crippen LogP contribution in [-0.2, 0) is 20.4 Å². The lowest BCUT2D eigenvalue weighted by molar-refractivity contribution is -0.136. The van der Waals surface area contributed by atoms with Crippen LogP contribution in [0.15, 0.2) is 0 Å². The van der Waals surface area contributed by atoms with Gasteiger partial charge >= 0.3 is 5.97 Å². The zero-order valence-electron chi connectivity index (χ0n) is 9.15. The zero-order valence-corrected chi connectivity index (χ0v) is 9.97. The van der Waals surface area contributed by atoms with Crippen molar-refractivity contribution in [1.29, 1.82) is 0 Å². The van der Waals surface area contributed by atoms with Crippen LogP contribution in [0.25, 0.3) is 0 Å². The Morgan fingerprint density at radius 2 is 1.93 bits per heavy atom. The molecule has 6 heteroatoms. The molecule has 3 unspecified atom stereocenters. The summed E-state index contributed by atoms with van der Waals surface area (Å²) in [4.78, 5) is 21.7. The summed E-state index contributed by atoms with van der Waals surface area (Å²) < 4.78 is 11.3. The van der Waals surface area contributed by atoms with E-state index in [2.05, 4.69) is 5.32 Å². The summed E-state index contributed by atoms with van der Waals surface area (Å²) in [6.45, 7) is 5.08. The first-order chi connectivity index (χ1) is 6.88. The zero-order chi connectivity index (χ0) is 12.0. The number of rotatable bonds is 6. The van der Waals surface area contributed by atoms with Crippen molar-refractivity contribution >= 4 is 22.7 Å². The van der Waals surface area contributed by atoms with Gasteiger partial charge in [-0.05, 0) is 20.3 Å². The highest BCUT2D eigenvalue weighted by atomic mass is 32.2. The largest absolute Gasteiger partial charge is 0.480 e. The van der Waals surface area contributed by atoms with E-state index in [1.807, 2.05) is 13.8 Å². The lowest BCUT2D eigenvalue weighted by Gasteiger charge is -2.12. The molecule has 0 saturated heterocycles. The van der Waals surface area contributed by atoms with Gasteiger partial charge in [-0.3, -0.25) is 13.8 Å². The van der Waals surface area contributed by atoms with Crippen molar-refractivity contribution in [3.8, 4) is 0 Å². The van der Waals surface area contributed by atoms with E-state index in [-0.39, 0.29) is 17.7 Å². The van der Waals surface area contributed by atoms with Gasteiger partial charge in [0, 0.05) is 16.8 Å². The number of carboxylic acids is 1. The first kappa shape index (κ1) is 14.1. The molecule has 0 bridgehead atoms. The molecule has 0 radical (unpaired) electrons. The molecular formula is C9H17NO4S. The Kier molecular flexibility index (Phi) is 6.15. The number of nitrogens with one attached hydrogen (secondary N) is 1. The van der Waals surface area contributed by atoms with Crippen LogP contribution in [0.4, 0.5) is 0 Å². The first-order valence-corrected chi connectivity index (χ1v) is 6.16. The molecular weight excluding hydrogens is 218 g/mol. The van der Waals surface area contributed by atoms with Crippen molar-refractivity contribution in [2.24, 2.45) is 0 Å². The second-order valence-corrected chi connectivity index (χ2v) is 5.14. The molecule has 15 heavy (non-hydrogen) atoms. The highest BCUT2D eigenvalue weighted by molar-refractivity contribution is 7.87. The predicted molar refractivity (Wildman–Crippen MR) is 58.0 cm³/mol. The van der Waals surface area contributed by atoms with Gasteiger partial charge in [-0.25, -0.2) is 0 Å². The molecule has 0 heterocycles. The van der Waals surface area contributed by atoms with Crippen molar-refractivity contribution in [3.05, 3.63) is 0 Å². The van der Waals surface area contributed by atoms with Crippen LogP contribution in [0.5, 0.6) is 0 Å². The SMILES string of the molecule is CCC(C)NC(=O)CS(=O)C(C)C(=O)O. The Balaban J connectivity index is 4.07. The predicted octanol–water partition coefficient (Wildman–Crippen LogP) is 0.123. The summed E-state index contributed by atoms with van der Waals surface area (Å²) in [6.07, 6.45) is 0.785. The Labute approximate surface area is 91.7 Å². The molecule has 3 atom stereocenters. The van der Waals surface area contributed by atoms with E-state index < -0.39 is 22.0 Å². The Morgan fingerprint density at radius 1 is 1.40 bits per heavy atom. The number of carbonyl (C=O) groups is 2. The molecule has 5 nitrogen and oxygen atoms in total. The Morgan fingerprint density at radius 3 is 2.33 bits per heavy atom. The monoisotopic (exact) mass is 235 g/mol. The van der Waals surface area contributed by atoms with Crippen molar-refractivity contribution in [2.75, 3.05) is 5.75 Å². The van der Waals surface area contributed by atoms with Gasteiger partial charge in [-0.2, -0.15) is 0 Å². The van der Waals surface area contributed by atoms with Gasteiger partial charge in [0.25, 0.3) is 0 Å². The minimum atomic E-state index is -1.65. The highest BCUT2D eigenvalue weighted by Gasteiger charge is 2.21. The first-order valence-electron chi connectivity index (χ1n) is 4.77. The average molecular weight is 235 g/mol. The summed E-state index contributed by atoms with van der Waals surface area (Å²) in [5.41, 5.74) is 0. The van der Waals surface area contributed by atoms with Crippen LogP contribution in [0.1, 0.15) is 27.2 Å². The minimum absolute atomic E-state index is 0.0228. The van der Waals surface area contributed by atoms with E-state index in [1.165, 1.54) is 6.92 Å².